The van der Waals surface area contributed by atoms with Gasteiger partial charge in [0.1, 0.15) is 5.82 Å². The Bertz CT molecular complexity index is 573. The first-order valence-electron chi connectivity index (χ1n) is 7.14. The number of benzene rings is 1. The van der Waals surface area contributed by atoms with Gasteiger partial charge in [0.25, 0.3) is 0 Å². The van der Waals surface area contributed by atoms with E-state index in [1.54, 1.807) is 6.07 Å². The summed E-state index contributed by atoms with van der Waals surface area (Å²) < 4.78 is 12.9. The molecular weight excluding hydrogens is 289 g/mol. The van der Waals surface area contributed by atoms with Crippen molar-refractivity contribution in [3.63, 3.8) is 0 Å². The fraction of sp³-hybridized carbons (Fsp3) is 0.400. The van der Waals surface area contributed by atoms with Crippen LogP contribution in [0.5, 0.6) is 0 Å². The monoisotopic (exact) mass is 307 g/mol. The first-order chi connectivity index (χ1) is 10.5. The molecule has 1 aliphatic carbocycles. The van der Waals surface area contributed by atoms with E-state index < -0.39 is 5.82 Å². The molecule has 1 fully saturated rings. The SMILES string of the molecule is O=C(CCC(=O)Nc1cccc(F)c1)NCC(=O)NC1CC1. The normalized spacial score (nSPS) is 13.3. The average molecular weight is 307 g/mol. The van der Waals surface area contributed by atoms with Gasteiger partial charge in [-0.3, -0.25) is 14.4 Å². The Balaban J connectivity index is 1.62. The van der Waals surface area contributed by atoms with Gasteiger partial charge in [0.2, 0.25) is 17.7 Å². The lowest BCUT2D eigenvalue weighted by Crippen LogP contribution is -2.38. The molecule has 0 spiro atoms. The van der Waals surface area contributed by atoms with Crippen LogP contribution in [0.2, 0.25) is 0 Å². The number of hydrogen-bond acceptors (Lipinski definition) is 3. The summed E-state index contributed by atoms with van der Waals surface area (Å²) in [5, 5.41) is 7.70. The summed E-state index contributed by atoms with van der Waals surface area (Å²) in [5.74, 6) is -1.43. The minimum atomic E-state index is -0.447. The second kappa shape index (κ2) is 7.53. The van der Waals surface area contributed by atoms with Gasteiger partial charge in [0.05, 0.1) is 6.54 Å². The van der Waals surface area contributed by atoms with Crippen LogP contribution < -0.4 is 16.0 Å². The Morgan fingerprint density at radius 3 is 2.50 bits per heavy atom. The molecule has 0 bridgehead atoms. The molecule has 6 nitrogen and oxygen atoms in total. The van der Waals surface area contributed by atoms with Crippen LogP contribution in [0.15, 0.2) is 24.3 Å². The number of rotatable bonds is 7. The topological polar surface area (TPSA) is 87.3 Å². The van der Waals surface area contributed by atoms with Crippen molar-refractivity contribution in [3.8, 4) is 0 Å². The van der Waals surface area contributed by atoms with E-state index in [4.69, 9.17) is 0 Å². The molecule has 0 aliphatic heterocycles. The molecule has 7 heteroatoms. The highest BCUT2D eigenvalue weighted by molar-refractivity contribution is 5.93. The first kappa shape index (κ1) is 15.9. The molecule has 3 N–H and O–H groups in total. The summed E-state index contributed by atoms with van der Waals surface area (Å²) in [4.78, 5) is 34.5. The predicted molar refractivity (Wildman–Crippen MR) is 78.4 cm³/mol. The van der Waals surface area contributed by atoms with Gasteiger partial charge in [0, 0.05) is 24.6 Å². The molecule has 1 aliphatic rings. The molecule has 2 rings (SSSR count). The Morgan fingerprint density at radius 2 is 1.82 bits per heavy atom. The maximum Gasteiger partial charge on any atom is 0.239 e. The Labute approximate surface area is 127 Å². The smallest absolute Gasteiger partial charge is 0.239 e. The van der Waals surface area contributed by atoms with Crippen LogP contribution in [0.1, 0.15) is 25.7 Å². The highest BCUT2D eigenvalue weighted by atomic mass is 19.1. The van der Waals surface area contributed by atoms with E-state index in [0.29, 0.717) is 5.69 Å². The summed E-state index contributed by atoms with van der Waals surface area (Å²) in [6.07, 6.45) is 1.91. The first-order valence-corrected chi connectivity index (χ1v) is 7.14. The van der Waals surface area contributed by atoms with E-state index in [0.717, 1.165) is 12.8 Å². The van der Waals surface area contributed by atoms with Crippen LogP contribution in [0.4, 0.5) is 10.1 Å². The van der Waals surface area contributed by atoms with Crippen LogP contribution in [0.25, 0.3) is 0 Å². The standard InChI is InChI=1S/C15H18FN3O3/c16-10-2-1-3-12(8-10)19-14(21)7-6-13(20)17-9-15(22)18-11-4-5-11/h1-3,8,11H,4-7,9H2,(H,17,20)(H,18,22)(H,19,21). The number of nitrogens with one attached hydrogen (secondary N) is 3. The number of anilines is 1. The van der Waals surface area contributed by atoms with Gasteiger partial charge in [0.15, 0.2) is 0 Å². The fourth-order valence-corrected chi connectivity index (χ4v) is 1.79. The molecular formula is C15H18FN3O3. The quantitative estimate of drug-likeness (QED) is 0.700. The largest absolute Gasteiger partial charge is 0.352 e. The molecule has 0 radical (unpaired) electrons. The number of halogens is 1. The van der Waals surface area contributed by atoms with Gasteiger partial charge in [-0.05, 0) is 31.0 Å². The van der Waals surface area contributed by atoms with Gasteiger partial charge in [-0.1, -0.05) is 6.07 Å². The van der Waals surface area contributed by atoms with Gasteiger partial charge in [-0.2, -0.15) is 0 Å². The maximum atomic E-state index is 12.9. The van der Waals surface area contributed by atoms with Crippen molar-refractivity contribution < 1.29 is 18.8 Å². The van der Waals surface area contributed by atoms with E-state index >= 15 is 0 Å². The molecule has 0 saturated heterocycles. The third-order valence-electron chi connectivity index (χ3n) is 3.08. The number of amides is 3. The third kappa shape index (κ3) is 5.90. The van der Waals surface area contributed by atoms with E-state index in [9.17, 15) is 18.8 Å². The summed E-state index contributed by atoms with van der Waals surface area (Å²) in [5.41, 5.74) is 0.342. The van der Waals surface area contributed by atoms with Crippen molar-refractivity contribution in [2.24, 2.45) is 0 Å². The Kier molecular flexibility index (Phi) is 5.46. The summed E-state index contributed by atoms with van der Waals surface area (Å²) >= 11 is 0. The minimum absolute atomic E-state index is 0.0299. The Morgan fingerprint density at radius 1 is 1.09 bits per heavy atom. The molecule has 0 unspecified atom stereocenters. The van der Waals surface area contributed by atoms with Crippen LogP contribution in [0.3, 0.4) is 0 Å². The lowest BCUT2D eigenvalue weighted by molar-refractivity contribution is -0.127. The molecule has 0 aromatic heterocycles. The molecule has 118 valence electrons. The van der Waals surface area contributed by atoms with Gasteiger partial charge in [-0.15, -0.1) is 0 Å². The molecule has 0 atom stereocenters. The second-order valence-corrected chi connectivity index (χ2v) is 5.18. The second-order valence-electron chi connectivity index (χ2n) is 5.18. The molecule has 1 aromatic rings. The van der Waals surface area contributed by atoms with E-state index in [-0.39, 0.29) is 43.1 Å². The maximum absolute atomic E-state index is 12.9. The molecule has 22 heavy (non-hydrogen) atoms. The molecule has 1 aromatic carbocycles. The van der Waals surface area contributed by atoms with Crippen LogP contribution in [-0.2, 0) is 14.4 Å². The lowest BCUT2D eigenvalue weighted by atomic mass is 10.2. The highest BCUT2D eigenvalue weighted by Crippen LogP contribution is 2.18. The van der Waals surface area contributed by atoms with Crippen molar-refractivity contribution in [2.45, 2.75) is 31.7 Å². The summed E-state index contributed by atoms with van der Waals surface area (Å²) in [6, 6.07) is 5.76. The van der Waals surface area contributed by atoms with E-state index in [1.165, 1.54) is 18.2 Å². The fourth-order valence-electron chi connectivity index (χ4n) is 1.79. The van der Waals surface area contributed by atoms with Gasteiger partial charge < -0.3 is 16.0 Å². The average Bonchev–Trinajstić information content (AvgIpc) is 3.27. The zero-order chi connectivity index (χ0) is 15.9. The van der Waals surface area contributed by atoms with E-state index in [2.05, 4.69) is 16.0 Å². The molecule has 0 heterocycles. The molecule has 1 saturated carbocycles. The third-order valence-corrected chi connectivity index (χ3v) is 3.08. The summed E-state index contributed by atoms with van der Waals surface area (Å²) in [6.45, 7) is -0.0825. The van der Waals surface area contributed by atoms with Gasteiger partial charge in [-0.25, -0.2) is 4.39 Å². The zero-order valence-corrected chi connectivity index (χ0v) is 12.0. The van der Waals surface area contributed by atoms with E-state index in [1.807, 2.05) is 0 Å². The van der Waals surface area contributed by atoms with Crippen molar-refractivity contribution >= 4 is 23.4 Å². The highest BCUT2D eigenvalue weighted by Gasteiger charge is 2.23. The van der Waals surface area contributed by atoms with Crippen LogP contribution in [0, 0.1) is 5.82 Å². The zero-order valence-electron chi connectivity index (χ0n) is 12.0. The number of carbonyl (C=O) groups is 3. The number of hydrogen-bond donors (Lipinski definition) is 3. The molecule has 3 amide bonds. The van der Waals surface area contributed by atoms with Gasteiger partial charge >= 0.3 is 0 Å². The van der Waals surface area contributed by atoms with Crippen molar-refractivity contribution in [1.82, 2.24) is 10.6 Å². The van der Waals surface area contributed by atoms with Crippen LogP contribution >= 0.6 is 0 Å². The van der Waals surface area contributed by atoms with Crippen molar-refractivity contribution in [1.29, 1.82) is 0 Å². The Hall–Kier alpha value is -2.44. The number of carbonyl (C=O) groups excluding carboxylic acids is 3. The predicted octanol–water partition coefficient (Wildman–Crippen LogP) is 0.939. The van der Waals surface area contributed by atoms with Crippen molar-refractivity contribution in [2.75, 3.05) is 11.9 Å². The summed E-state index contributed by atoms with van der Waals surface area (Å²) in [7, 11) is 0. The minimum Gasteiger partial charge on any atom is -0.352 e. The van der Waals surface area contributed by atoms with Crippen LogP contribution in [-0.4, -0.2) is 30.3 Å². The van der Waals surface area contributed by atoms with Crippen molar-refractivity contribution in [3.05, 3.63) is 30.1 Å². The lowest BCUT2D eigenvalue weighted by Gasteiger charge is -2.07.